The van der Waals surface area contributed by atoms with Crippen molar-refractivity contribution in [2.75, 3.05) is 11.5 Å². The summed E-state index contributed by atoms with van der Waals surface area (Å²) in [5.74, 6) is -0.444. The van der Waals surface area contributed by atoms with Crippen molar-refractivity contribution in [2.45, 2.75) is 19.1 Å². The lowest BCUT2D eigenvalue weighted by atomic mass is 9.97. The minimum absolute atomic E-state index is 0.0109. The average molecular weight is 491 g/mol. The van der Waals surface area contributed by atoms with E-state index in [1.54, 1.807) is 48.5 Å². The summed E-state index contributed by atoms with van der Waals surface area (Å²) >= 11 is 0. The molecule has 0 saturated heterocycles. The highest BCUT2D eigenvalue weighted by Crippen LogP contribution is 2.43. The maximum Gasteiger partial charge on any atom is 0.416 e. The summed E-state index contributed by atoms with van der Waals surface area (Å²) in [7, 11) is 0. The maximum absolute atomic E-state index is 13.7. The molecule has 0 N–H and O–H groups in total. The quantitative estimate of drug-likeness (QED) is 0.302. The second-order valence-electron chi connectivity index (χ2n) is 8.47. The summed E-state index contributed by atoms with van der Waals surface area (Å²) < 4.78 is 52.0. The normalized spacial score (nSPS) is 15.3. The van der Waals surface area contributed by atoms with Crippen LogP contribution in [0.3, 0.4) is 0 Å². The SMILES string of the molecule is C=CCOc1cccc(C2c3c(oc4ccc(C)cc4c3=O)C(=O)N2c2cccc(C(F)(F)F)c2)c1. The molecular weight excluding hydrogens is 471 g/mol. The van der Waals surface area contributed by atoms with Gasteiger partial charge in [-0.25, -0.2) is 0 Å². The van der Waals surface area contributed by atoms with Crippen LogP contribution in [0.5, 0.6) is 5.75 Å². The molecule has 0 saturated carbocycles. The molecule has 5 rings (SSSR count). The summed E-state index contributed by atoms with van der Waals surface area (Å²) in [5.41, 5.74) is 0.265. The van der Waals surface area contributed by atoms with Gasteiger partial charge in [0.05, 0.1) is 22.6 Å². The number of fused-ring (bicyclic) bond motifs is 2. The molecule has 8 heteroatoms. The molecule has 1 aromatic heterocycles. The third-order valence-corrected chi connectivity index (χ3v) is 6.02. The van der Waals surface area contributed by atoms with E-state index in [4.69, 9.17) is 9.15 Å². The van der Waals surface area contributed by atoms with Gasteiger partial charge in [0.2, 0.25) is 5.76 Å². The number of carbonyl (C=O) groups excluding carboxylic acids is 1. The first-order valence-electron chi connectivity index (χ1n) is 11.1. The smallest absolute Gasteiger partial charge is 0.416 e. The Morgan fingerprint density at radius 2 is 1.83 bits per heavy atom. The molecule has 182 valence electrons. The molecule has 0 bridgehead atoms. The third kappa shape index (κ3) is 3.94. The molecule has 0 spiro atoms. The first-order valence-corrected chi connectivity index (χ1v) is 11.1. The lowest BCUT2D eigenvalue weighted by Crippen LogP contribution is -2.29. The maximum atomic E-state index is 13.7. The summed E-state index contributed by atoms with van der Waals surface area (Å²) in [6.45, 7) is 5.67. The molecule has 1 aliphatic rings. The van der Waals surface area contributed by atoms with E-state index in [-0.39, 0.29) is 34.6 Å². The van der Waals surface area contributed by atoms with Gasteiger partial charge in [0.1, 0.15) is 17.9 Å². The van der Waals surface area contributed by atoms with E-state index in [0.717, 1.165) is 17.7 Å². The summed E-state index contributed by atoms with van der Waals surface area (Å²) in [5, 5.41) is 0.288. The van der Waals surface area contributed by atoms with Crippen LogP contribution in [0.4, 0.5) is 18.9 Å². The van der Waals surface area contributed by atoms with E-state index >= 15 is 0 Å². The van der Waals surface area contributed by atoms with Crippen molar-refractivity contribution in [1.82, 2.24) is 0 Å². The predicted molar refractivity (Wildman–Crippen MR) is 129 cm³/mol. The Hall–Kier alpha value is -4.33. The van der Waals surface area contributed by atoms with Crippen molar-refractivity contribution in [3.63, 3.8) is 0 Å². The van der Waals surface area contributed by atoms with Gasteiger partial charge in [0.25, 0.3) is 5.91 Å². The van der Waals surface area contributed by atoms with Crippen molar-refractivity contribution in [2.24, 2.45) is 0 Å². The van der Waals surface area contributed by atoms with Crippen LogP contribution in [0.15, 0.2) is 88.6 Å². The number of benzene rings is 3. The first-order chi connectivity index (χ1) is 17.2. The number of halogens is 3. The molecule has 1 aliphatic heterocycles. The van der Waals surface area contributed by atoms with Gasteiger partial charge in [0.15, 0.2) is 5.43 Å². The van der Waals surface area contributed by atoms with Crippen LogP contribution >= 0.6 is 0 Å². The van der Waals surface area contributed by atoms with Crippen molar-refractivity contribution in [3.05, 3.63) is 118 Å². The standard InChI is InChI=1S/C28H20F3NO4/c1-3-12-35-20-9-4-6-17(14-20)24-23-25(33)21-13-16(2)10-11-22(21)36-26(23)27(34)32(24)19-8-5-7-18(15-19)28(29,30)31/h3-11,13-15,24H,1,12H2,2H3. The van der Waals surface area contributed by atoms with Gasteiger partial charge in [-0.1, -0.05) is 42.5 Å². The van der Waals surface area contributed by atoms with Gasteiger partial charge >= 0.3 is 6.18 Å². The fourth-order valence-corrected chi connectivity index (χ4v) is 4.43. The highest BCUT2D eigenvalue weighted by Gasteiger charge is 2.44. The third-order valence-electron chi connectivity index (χ3n) is 6.02. The van der Waals surface area contributed by atoms with E-state index in [9.17, 15) is 22.8 Å². The predicted octanol–water partition coefficient (Wildman–Crippen LogP) is 6.43. The zero-order valence-corrected chi connectivity index (χ0v) is 19.1. The number of amides is 1. The molecule has 0 aliphatic carbocycles. The van der Waals surface area contributed by atoms with Gasteiger partial charge in [-0.05, 0) is 55.0 Å². The van der Waals surface area contributed by atoms with E-state index < -0.39 is 29.1 Å². The first kappa shape index (κ1) is 23.4. The van der Waals surface area contributed by atoms with Crippen LogP contribution in [0.1, 0.15) is 38.9 Å². The summed E-state index contributed by atoms with van der Waals surface area (Å²) in [4.78, 5) is 28.5. The fourth-order valence-electron chi connectivity index (χ4n) is 4.43. The number of hydrogen-bond acceptors (Lipinski definition) is 4. The molecule has 1 unspecified atom stereocenters. The number of ether oxygens (including phenoxy) is 1. The summed E-state index contributed by atoms with van der Waals surface area (Å²) in [6, 6.07) is 15.2. The largest absolute Gasteiger partial charge is 0.490 e. The Balaban J connectivity index is 1.77. The van der Waals surface area contributed by atoms with E-state index in [0.29, 0.717) is 11.3 Å². The Bertz CT molecular complexity index is 1570. The van der Waals surface area contributed by atoms with E-state index in [1.807, 2.05) is 6.92 Å². The highest BCUT2D eigenvalue weighted by molar-refractivity contribution is 6.10. The Kier molecular flexibility index (Phi) is 5.67. The number of carbonyl (C=O) groups is 1. The number of anilines is 1. The molecule has 36 heavy (non-hydrogen) atoms. The number of aryl methyl sites for hydroxylation is 1. The Labute approximate surface area is 204 Å². The van der Waals surface area contributed by atoms with Crippen LogP contribution in [-0.4, -0.2) is 12.5 Å². The lowest BCUT2D eigenvalue weighted by Gasteiger charge is -2.26. The highest BCUT2D eigenvalue weighted by atomic mass is 19.4. The molecule has 0 fully saturated rings. The topological polar surface area (TPSA) is 59.8 Å². The summed E-state index contributed by atoms with van der Waals surface area (Å²) in [6.07, 6.45) is -3.04. The molecule has 1 atom stereocenters. The van der Waals surface area contributed by atoms with Crippen molar-refractivity contribution in [3.8, 4) is 5.75 Å². The van der Waals surface area contributed by atoms with E-state index in [2.05, 4.69) is 6.58 Å². The molecule has 1 amide bonds. The second kappa shape index (κ2) is 8.71. The average Bonchev–Trinajstić information content (AvgIpc) is 3.15. The van der Waals surface area contributed by atoms with Crippen LogP contribution in [-0.2, 0) is 6.18 Å². The van der Waals surface area contributed by atoms with Crippen LogP contribution in [0, 0.1) is 6.92 Å². The zero-order valence-electron chi connectivity index (χ0n) is 19.1. The molecular formula is C28H20F3NO4. The minimum atomic E-state index is -4.61. The van der Waals surface area contributed by atoms with Crippen LogP contribution in [0.25, 0.3) is 11.0 Å². The van der Waals surface area contributed by atoms with E-state index in [1.165, 1.54) is 17.0 Å². The van der Waals surface area contributed by atoms with Crippen LogP contribution in [0.2, 0.25) is 0 Å². The van der Waals surface area contributed by atoms with Gasteiger partial charge in [-0.15, -0.1) is 0 Å². The lowest BCUT2D eigenvalue weighted by molar-refractivity contribution is -0.137. The molecule has 0 radical (unpaired) electrons. The van der Waals surface area contributed by atoms with Gasteiger partial charge in [-0.3, -0.25) is 14.5 Å². The Morgan fingerprint density at radius 3 is 2.58 bits per heavy atom. The number of hydrogen-bond donors (Lipinski definition) is 0. The molecule has 5 nitrogen and oxygen atoms in total. The minimum Gasteiger partial charge on any atom is -0.490 e. The zero-order chi connectivity index (χ0) is 25.6. The molecule has 4 aromatic rings. The van der Waals surface area contributed by atoms with Crippen molar-refractivity contribution >= 4 is 22.6 Å². The van der Waals surface area contributed by atoms with Crippen LogP contribution < -0.4 is 15.1 Å². The Morgan fingerprint density at radius 1 is 1.06 bits per heavy atom. The van der Waals surface area contributed by atoms with Crippen molar-refractivity contribution in [1.29, 1.82) is 0 Å². The van der Waals surface area contributed by atoms with Crippen molar-refractivity contribution < 1.29 is 27.1 Å². The second-order valence-corrected chi connectivity index (χ2v) is 8.47. The monoisotopic (exact) mass is 491 g/mol. The van der Waals surface area contributed by atoms with Gasteiger partial charge < -0.3 is 9.15 Å². The molecule has 2 heterocycles. The van der Waals surface area contributed by atoms with Gasteiger partial charge in [-0.2, -0.15) is 13.2 Å². The van der Waals surface area contributed by atoms with Gasteiger partial charge in [0, 0.05) is 5.69 Å². The fraction of sp³-hybridized carbons (Fsp3) is 0.143. The number of nitrogens with zero attached hydrogens (tertiary/aromatic N) is 1. The number of rotatable bonds is 5. The molecule has 3 aromatic carbocycles. The number of alkyl halides is 3.